The van der Waals surface area contributed by atoms with Gasteiger partial charge in [-0.2, -0.15) is 5.10 Å². The van der Waals surface area contributed by atoms with E-state index in [1.54, 1.807) is 17.6 Å². The molecule has 8 heteroatoms. The van der Waals surface area contributed by atoms with Crippen LogP contribution in [0.4, 0.5) is 0 Å². The largest absolute Gasteiger partial charge is 0.354 e. The molecule has 3 aromatic rings. The number of nitrogens with zero attached hydrogens (tertiary/aromatic N) is 4. The fourth-order valence-corrected chi connectivity index (χ4v) is 3.89. The second-order valence-electron chi connectivity index (χ2n) is 7.55. The van der Waals surface area contributed by atoms with Gasteiger partial charge in [-0.3, -0.25) is 14.5 Å². The second kappa shape index (κ2) is 8.23. The van der Waals surface area contributed by atoms with Crippen LogP contribution >= 0.6 is 0 Å². The molecule has 156 valence electrons. The average Bonchev–Trinajstić information content (AvgIpc) is 3.14. The summed E-state index contributed by atoms with van der Waals surface area (Å²) >= 11 is 0. The summed E-state index contributed by atoms with van der Waals surface area (Å²) < 4.78 is 1.75. The van der Waals surface area contributed by atoms with Gasteiger partial charge in [0.15, 0.2) is 0 Å². The Labute approximate surface area is 174 Å². The predicted molar refractivity (Wildman–Crippen MR) is 115 cm³/mol. The number of carbonyl (C=O) groups is 1. The van der Waals surface area contributed by atoms with Crippen LogP contribution in [0.2, 0.25) is 0 Å². The number of pyridine rings is 1. The molecule has 2 N–H and O–H groups in total. The molecule has 0 fully saturated rings. The van der Waals surface area contributed by atoms with Crippen LogP contribution in [0.5, 0.6) is 0 Å². The molecule has 0 saturated carbocycles. The van der Waals surface area contributed by atoms with Crippen LogP contribution in [-0.4, -0.2) is 50.5 Å². The molecule has 1 aliphatic rings. The average molecular weight is 406 g/mol. The van der Waals surface area contributed by atoms with E-state index in [1.165, 1.54) is 5.57 Å². The highest BCUT2D eigenvalue weighted by Gasteiger charge is 2.18. The molecule has 0 aromatic carbocycles. The Kier molecular flexibility index (Phi) is 5.50. The molecule has 1 amide bonds. The van der Waals surface area contributed by atoms with Gasteiger partial charge in [0.05, 0.1) is 6.20 Å². The van der Waals surface area contributed by atoms with Crippen molar-refractivity contribution in [3.05, 3.63) is 69.0 Å². The van der Waals surface area contributed by atoms with Crippen molar-refractivity contribution in [2.75, 3.05) is 20.1 Å². The minimum Gasteiger partial charge on any atom is -0.354 e. The van der Waals surface area contributed by atoms with Crippen molar-refractivity contribution >= 4 is 17.1 Å². The van der Waals surface area contributed by atoms with E-state index in [0.717, 1.165) is 54.1 Å². The minimum absolute atomic E-state index is 0.0456. The first-order valence-electron chi connectivity index (χ1n) is 10.2. The molecule has 0 saturated heterocycles. The molecule has 0 spiro atoms. The lowest BCUT2D eigenvalue weighted by Crippen LogP contribution is -2.28. The van der Waals surface area contributed by atoms with Crippen molar-refractivity contribution in [1.29, 1.82) is 0 Å². The summed E-state index contributed by atoms with van der Waals surface area (Å²) in [6, 6.07) is 3.75. The first-order chi connectivity index (χ1) is 14.5. The molecule has 4 rings (SSSR count). The second-order valence-corrected chi connectivity index (χ2v) is 7.55. The Morgan fingerprint density at radius 3 is 2.80 bits per heavy atom. The lowest BCUT2D eigenvalue weighted by atomic mass is 9.97. The Balaban J connectivity index is 1.49. The molecule has 0 radical (unpaired) electrons. The molecule has 0 bridgehead atoms. The van der Waals surface area contributed by atoms with Crippen LogP contribution in [0, 0.1) is 6.92 Å². The third kappa shape index (κ3) is 3.78. The molecule has 3 aromatic heterocycles. The maximum atomic E-state index is 12.2. The van der Waals surface area contributed by atoms with Gasteiger partial charge in [0, 0.05) is 49.7 Å². The van der Waals surface area contributed by atoms with E-state index in [1.807, 2.05) is 32.3 Å². The standard InChI is InChI=1S/C22H26N6O2/c1-4-15-13-28-20(26-21(15)29)17(11-24-28)12-27-9-7-16(8-10-27)18-5-6-19(22(30)23-3)25-14(18)2/h5-7,11,13H,4,8-10,12H2,1-3H3,(H,23,30)(H,26,29). The third-order valence-electron chi connectivity index (χ3n) is 5.63. The molecular weight excluding hydrogens is 380 g/mol. The number of aromatic amines is 1. The molecule has 1 aliphatic heterocycles. The fraction of sp³-hybridized carbons (Fsp3) is 0.364. The zero-order chi connectivity index (χ0) is 21.3. The van der Waals surface area contributed by atoms with Gasteiger partial charge in [-0.05, 0) is 37.0 Å². The number of aromatic nitrogens is 4. The van der Waals surface area contributed by atoms with Crippen LogP contribution in [0.15, 0.2) is 35.4 Å². The zero-order valence-corrected chi connectivity index (χ0v) is 17.5. The third-order valence-corrected chi connectivity index (χ3v) is 5.63. The number of amides is 1. The first-order valence-corrected chi connectivity index (χ1v) is 10.2. The Hall–Kier alpha value is -3.26. The fourth-order valence-electron chi connectivity index (χ4n) is 3.89. The number of rotatable bonds is 5. The van der Waals surface area contributed by atoms with Gasteiger partial charge in [0.25, 0.3) is 11.5 Å². The highest BCUT2D eigenvalue weighted by molar-refractivity contribution is 5.92. The van der Waals surface area contributed by atoms with Crippen molar-refractivity contribution < 1.29 is 4.79 Å². The van der Waals surface area contributed by atoms with Gasteiger partial charge in [0.1, 0.15) is 11.3 Å². The Bertz CT molecular complexity index is 1190. The van der Waals surface area contributed by atoms with Crippen LogP contribution in [0.3, 0.4) is 0 Å². The van der Waals surface area contributed by atoms with Gasteiger partial charge in [0.2, 0.25) is 0 Å². The van der Waals surface area contributed by atoms with Gasteiger partial charge in [-0.25, -0.2) is 9.50 Å². The molecular formula is C22H26N6O2. The topological polar surface area (TPSA) is 95.4 Å². The van der Waals surface area contributed by atoms with Gasteiger partial charge >= 0.3 is 0 Å². The molecule has 8 nitrogen and oxygen atoms in total. The van der Waals surface area contributed by atoms with Crippen molar-refractivity contribution in [3.8, 4) is 0 Å². The molecule has 0 atom stereocenters. The highest BCUT2D eigenvalue weighted by atomic mass is 16.1. The summed E-state index contributed by atoms with van der Waals surface area (Å²) in [5.74, 6) is -0.175. The van der Waals surface area contributed by atoms with E-state index in [0.29, 0.717) is 12.1 Å². The number of nitrogens with one attached hydrogen (secondary N) is 2. The quantitative estimate of drug-likeness (QED) is 0.675. The van der Waals surface area contributed by atoms with E-state index in [2.05, 4.69) is 31.4 Å². The van der Waals surface area contributed by atoms with E-state index in [4.69, 9.17) is 0 Å². The van der Waals surface area contributed by atoms with Crippen molar-refractivity contribution in [3.63, 3.8) is 0 Å². The monoisotopic (exact) mass is 406 g/mol. The number of hydrogen-bond acceptors (Lipinski definition) is 5. The van der Waals surface area contributed by atoms with E-state index < -0.39 is 0 Å². The summed E-state index contributed by atoms with van der Waals surface area (Å²) in [4.78, 5) is 33.7. The number of fused-ring (bicyclic) bond motifs is 1. The Morgan fingerprint density at radius 2 is 2.13 bits per heavy atom. The van der Waals surface area contributed by atoms with E-state index >= 15 is 0 Å². The normalized spacial score (nSPS) is 14.7. The van der Waals surface area contributed by atoms with Crippen molar-refractivity contribution in [2.24, 2.45) is 0 Å². The predicted octanol–water partition coefficient (Wildman–Crippen LogP) is 1.94. The van der Waals surface area contributed by atoms with Gasteiger partial charge in [-0.1, -0.05) is 19.1 Å². The maximum Gasteiger partial charge on any atom is 0.269 e. The van der Waals surface area contributed by atoms with Crippen LogP contribution < -0.4 is 10.9 Å². The van der Waals surface area contributed by atoms with Gasteiger partial charge in [-0.15, -0.1) is 0 Å². The smallest absolute Gasteiger partial charge is 0.269 e. The first kappa shape index (κ1) is 20.0. The SMILES string of the molecule is CCc1cn2ncc(CN3CC=C(c4ccc(C(=O)NC)nc4C)CC3)c2[nH]c1=O. The highest BCUT2D eigenvalue weighted by Crippen LogP contribution is 2.25. The van der Waals surface area contributed by atoms with Crippen LogP contribution in [0.1, 0.15) is 46.2 Å². The number of carbonyl (C=O) groups excluding carboxylic acids is 1. The van der Waals surface area contributed by atoms with Crippen LogP contribution in [-0.2, 0) is 13.0 Å². The summed E-state index contributed by atoms with van der Waals surface area (Å²) in [6.07, 6.45) is 7.44. The van der Waals surface area contributed by atoms with E-state index in [-0.39, 0.29) is 11.5 Å². The summed E-state index contributed by atoms with van der Waals surface area (Å²) in [7, 11) is 1.60. The summed E-state index contributed by atoms with van der Waals surface area (Å²) in [5.41, 5.74) is 6.10. The molecule has 0 aliphatic carbocycles. The Morgan fingerprint density at radius 1 is 1.30 bits per heavy atom. The lowest BCUT2D eigenvalue weighted by molar-refractivity contribution is 0.0958. The number of H-pyrrole nitrogens is 1. The number of aryl methyl sites for hydroxylation is 2. The maximum absolute atomic E-state index is 12.2. The zero-order valence-electron chi connectivity index (χ0n) is 17.5. The minimum atomic E-state index is -0.175. The number of hydrogen-bond donors (Lipinski definition) is 2. The van der Waals surface area contributed by atoms with Crippen molar-refractivity contribution in [1.82, 2.24) is 29.8 Å². The van der Waals surface area contributed by atoms with Gasteiger partial charge < -0.3 is 10.3 Å². The summed E-state index contributed by atoms with van der Waals surface area (Å²) in [5, 5.41) is 7.01. The van der Waals surface area contributed by atoms with Crippen molar-refractivity contribution in [2.45, 2.75) is 33.2 Å². The van der Waals surface area contributed by atoms with E-state index in [9.17, 15) is 9.59 Å². The molecule has 0 unspecified atom stereocenters. The summed E-state index contributed by atoms with van der Waals surface area (Å²) in [6.45, 7) is 6.33. The molecule has 4 heterocycles. The molecule has 30 heavy (non-hydrogen) atoms. The van der Waals surface area contributed by atoms with Crippen LogP contribution in [0.25, 0.3) is 11.2 Å². The lowest BCUT2D eigenvalue weighted by Gasteiger charge is -2.26.